The SMILES string of the molecule is Clc1ccc(C2=NC(c3ccccc3)CO2)c(-c2cc(Cl)ccc2C2=NC(c3ccccc3)CO2)c1. The smallest absolute Gasteiger partial charge is 0.217 e. The van der Waals surface area contributed by atoms with E-state index in [1.807, 2.05) is 72.8 Å². The van der Waals surface area contributed by atoms with Gasteiger partial charge >= 0.3 is 0 Å². The Balaban J connectivity index is 1.42. The molecule has 0 bridgehead atoms. The van der Waals surface area contributed by atoms with Gasteiger partial charge in [0, 0.05) is 21.2 Å². The highest BCUT2D eigenvalue weighted by Crippen LogP contribution is 2.37. The van der Waals surface area contributed by atoms with E-state index in [0.717, 1.165) is 33.4 Å². The Kier molecular flexibility index (Phi) is 6.22. The second-order valence-corrected chi connectivity index (χ2v) is 9.60. The molecule has 0 amide bonds. The predicted octanol–water partition coefficient (Wildman–Crippen LogP) is 7.70. The molecule has 0 aliphatic carbocycles. The maximum absolute atomic E-state index is 6.48. The van der Waals surface area contributed by atoms with Gasteiger partial charge in [-0.15, -0.1) is 0 Å². The molecule has 4 aromatic rings. The maximum Gasteiger partial charge on any atom is 0.217 e. The van der Waals surface area contributed by atoms with Crippen molar-refractivity contribution in [2.45, 2.75) is 12.1 Å². The van der Waals surface area contributed by atoms with Gasteiger partial charge in [0.15, 0.2) is 0 Å². The molecular formula is C30H22Cl2N2O2. The Morgan fingerprint density at radius 1 is 0.528 bits per heavy atom. The zero-order chi connectivity index (χ0) is 24.5. The van der Waals surface area contributed by atoms with E-state index in [1.165, 1.54) is 0 Å². The van der Waals surface area contributed by atoms with Crippen LogP contribution in [-0.2, 0) is 9.47 Å². The molecule has 6 heteroatoms. The summed E-state index contributed by atoms with van der Waals surface area (Å²) in [5.41, 5.74) is 5.65. The number of hydrogen-bond donors (Lipinski definition) is 0. The lowest BCUT2D eigenvalue weighted by Crippen LogP contribution is -2.07. The largest absolute Gasteiger partial charge is 0.475 e. The number of benzene rings is 4. The minimum absolute atomic E-state index is 0.0577. The van der Waals surface area contributed by atoms with E-state index in [-0.39, 0.29) is 12.1 Å². The van der Waals surface area contributed by atoms with Crippen molar-refractivity contribution in [2.24, 2.45) is 9.98 Å². The van der Waals surface area contributed by atoms with Crippen LogP contribution in [0.3, 0.4) is 0 Å². The standard InChI is InChI=1S/C30H22Cl2N2O2/c31-21-11-13-23(29-33-27(17-35-29)19-7-3-1-4-8-19)25(15-21)26-16-22(32)12-14-24(26)30-34-28(18-36-30)20-9-5-2-6-10-20/h1-16,27-28H,17-18H2. The van der Waals surface area contributed by atoms with Gasteiger partial charge < -0.3 is 9.47 Å². The molecule has 2 atom stereocenters. The van der Waals surface area contributed by atoms with E-state index >= 15 is 0 Å². The Labute approximate surface area is 219 Å². The van der Waals surface area contributed by atoms with Crippen molar-refractivity contribution in [3.05, 3.63) is 129 Å². The molecule has 0 fully saturated rings. The number of ether oxygens (including phenoxy) is 2. The number of rotatable bonds is 5. The van der Waals surface area contributed by atoms with Crippen molar-refractivity contribution in [3.63, 3.8) is 0 Å². The second-order valence-electron chi connectivity index (χ2n) is 8.72. The van der Waals surface area contributed by atoms with Crippen molar-refractivity contribution in [1.29, 1.82) is 0 Å². The summed E-state index contributed by atoms with van der Waals surface area (Å²) in [7, 11) is 0. The Morgan fingerprint density at radius 2 is 0.944 bits per heavy atom. The van der Waals surface area contributed by atoms with Gasteiger partial charge in [-0.25, -0.2) is 9.98 Å². The highest BCUT2D eigenvalue weighted by Gasteiger charge is 2.27. The van der Waals surface area contributed by atoms with Gasteiger partial charge in [0.1, 0.15) is 25.3 Å². The lowest BCUT2D eigenvalue weighted by atomic mass is 9.95. The molecule has 0 spiro atoms. The van der Waals surface area contributed by atoms with Crippen LogP contribution in [0.15, 0.2) is 107 Å². The van der Waals surface area contributed by atoms with Gasteiger partial charge in [-0.3, -0.25) is 0 Å². The van der Waals surface area contributed by atoms with Gasteiger partial charge in [-0.05, 0) is 58.7 Å². The molecule has 6 rings (SSSR count). The highest BCUT2D eigenvalue weighted by molar-refractivity contribution is 6.32. The summed E-state index contributed by atoms with van der Waals surface area (Å²) >= 11 is 13.0. The van der Waals surface area contributed by atoms with Crippen LogP contribution in [0.4, 0.5) is 0 Å². The molecule has 36 heavy (non-hydrogen) atoms. The fourth-order valence-corrected chi connectivity index (χ4v) is 4.93. The molecule has 178 valence electrons. The van der Waals surface area contributed by atoms with Crippen LogP contribution in [-0.4, -0.2) is 25.0 Å². The van der Waals surface area contributed by atoms with Crippen LogP contribution in [0.25, 0.3) is 11.1 Å². The second kappa shape index (κ2) is 9.81. The normalized spacial score (nSPS) is 18.8. The van der Waals surface area contributed by atoms with Crippen LogP contribution >= 0.6 is 23.2 Å². The zero-order valence-corrected chi connectivity index (χ0v) is 20.8. The zero-order valence-electron chi connectivity index (χ0n) is 19.3. The van der Waals surface area contributed by atoms with Crippen molar-refractivity contribution in [1.82, 2.24) is 0 Å². The molecule has 2 unspecified atom stereocenters. The summed E-state index contributed by atoms with van der Waals surface area (Å²) < 4.78 is 12.2. The summed E-state index contributed by atoms with van der Waals surface area (Å²) in [4.78, 5) is 9.81. The summed E-state index contributed by atoms with van der Waals surface area (Å²) in [6, 6.07) is 31.6. The van der Waals surface area contributed by atoms with Crippen molar-refractivity contribution in [3.8, 4) is 11.1 Å². The van der Waals surface area contributed by atoms with E-state index in [1.54, 1.807) is 0 Å². The van der Waals surface area contributed by atoms with Crippen LogP contribution < -0.4 is 0 Å². The molecule has 2 aliphatic rings. The lowest BCUT2D eigenvalue weighted by Gasteiger charge is -2.14. The first kappa shape index (κ1) is 22.8. The third-order valence-corrected chi connectivity index (χ3v) is 6.86. The quantitative estimate of drug-likeness (QED) is 0.275. The molecule has 4 nitrogen and oxygen atoms in total. The molecule has 0 saturated heterocycles. The van der Waals surface area contributed by atoms with E-state index < -0.39 is 0 Å². The Hall–Kier alpha value is -3.60. The molecule has 0 aromatic heterocycles. The molecule has 0 radical (unpaired) electrons. The first-order chi connectivity index (χ1) is 17.7. The Morgan fingerprint density at radius 3 is 1.36 bits per heavy atom. The summed E-state index contributed by atoms with van der Waals surface area (Å²) in [5, 5.41) is 1.21. The van der Waals surface area contributed by atoms with E-state index in [4.69, 9.17) is 42.7 Å². The number of hydrogen-bond acceptors (Lipinski definition) is 4. The Bertz CT molecular complexity index is 1360. The summed E-state index contributed by atoms with van der Waals surface area (Å²) in [6.07, 6.45) is 0. The maximum atomic E-state index is 6.48. The highest BCUT2D eigenvalue weighted by atomic mass is 35.5. The minimum Gasteiger partial charge on any atom is -0.475 e. The first-order valence-electron chi connectivity index (χ1n) is 11.8. The van der Waals surface area contributed by atoms with Gasteiger partial charge in [0.05, 0.1) is 0 Å². The number of aliphatic imine (C=N–C) groups is 2. The third-order valence-electron chi connectivity index (χ3n) is 6.38. The molecule has 2 aliphatic heterocycles. The van der Waals surface area contributed by atoms with Crippen molar-refractivity contribution in [2.75, 3.05) is 13.2 Å². The van der Waals surface area contributed by atoms with Crippen LogP contribution in [0, 0.1) is 0 Å². The number of nitrogens with zero attached hydrogens (tertiary/aromatic N) is 2. The minimum atomic E-state index is -0.0577. The molecule has 0 saturated carbocycles. The van der Waals surface area contributed by atoms with Gasteiger partial charge in [0.2, 0.25) is 11.8 Å². The monoisotopic (exact) mass is 512 g/mol. The summed E-state index contributed by atoms with van der Waals surface area (Å²) in [6.45, 7) is 0.969. The van der Waals surface area contributed by atoms with E-state index in [0.29, 0.717) is 35.1 Å². The average molecular weight is 513 g/mol. The van der Waals surface area contributed by atoms with Gasteiger partial charge in [0.25, 0.3) is 0 Å². The van der Waals surface area contributed by atoms with Gasteiger partial charge in [-0.2, -0.15) is 0 Å². The first-order valence-corrected chi connectivity index (χ1v) is 12.5. The fourth-order valence-electron chi connectivity index (χ4n) is 4.59. The molecule has 2 heterocycles. The third kappa shape index (κ3) is 4.50. The van der Waals surface area contributed by atoms with Crippen LogP contribution in [0.5, 0.6) is 0 Å². The molecule has 4 aromatic carbocycles. The van der Waals surface area contributed by atoms with Crippen molar-refractivity contribution >= 4 is 35.0 Å². The predicted molar refractivity (Wildman–Crippen MR) is 145 cm³/mol. The molecule has 0 N–H and O–H groups in total. The van der Waals surface area contributed by atoms with Gasteiger partial charge in [-0.1, -0.05) is 83.9 Å². The average Bonchev–Trinajstić information content (AvgIpc) is 3.60. The van der Waals surface area contributed by atoms with Crippen molar-refractivity contribution < 1.29 is 9.47 Å². The van der Waals surface area contributed by atoms with Crippen LogP contribution in [0.1, 0.15) is 34.3 Å². The fraction of sp³-hybridized carbons (Fsp3) is 0.133. The lowest BCUT2D eigenvalue weighted by molar-refractivity contribution is 0.319. The topological polar surface area (TPSA) is 43.2 Å². The molecular weight excluding hydrogens is 491 g/mol. The van der Waals surface area contributed by atoms with E-state index in [9.17, 15) is 0 Å². The van der Waals surface area contributed by atoms with Crippen LogP contribution in [0.2, 0.25) is 10.0 Å². The summed E-state index contributed by atoms with van der Waals surface area (Å²) in [5.74, 6) is 1.16. The van der Waals surface area contributed by atoms with E-state index in [2.05, 4.69) is 24.3 Å². The number of halogens is 2.